The second-order valence-corrected chi connectivity index (χ2v) is 10.1. The first kappa shape index (κ1) is 25.6. The van der Waals surface area contributed by atoms with Gasteiger partial charge in [-0.3, -0.25) is 4.79 Å². The van der Waals surface area contributed by atoms with Crippen LogP contribution in [0.3, 0.4) is 0 Å². The quantitative estimate of drug-likeness (QED) is 0.236. The van der Waals surface area contributed by atoms with E-state index in [1.165, 1.54) is 10.2 Å². The largest absolute Gasteiger partial charge is 0.488 e. The van der Waals surface area contributed by atoms with Crippen molar-refractivity contribution in [3.63, 3.8) is 0 Å². The van der Waals surface area contributed by atoms with Crippen molar-refractivity contribution < 1.29 is 4.74 Å². The summed E-state index contributed by atoms with van der Waals surface area (Å²) in [5, 5.41) is 5.16. The molecule has 1 aromatic heterocycles. The number of aromatic nitrogens is 2. The lowest BCUT2D eigenvalue weighted by Gasteiger charge is -2.17. The molecule has 0 N–H and O–H groups in total. The highest BCUT2D eigenvalue weighted by atomic mass is 79.9. The van der Waals surface area contributed by atoms with Gasteiger partial charge >= 0.3 is 0 Å². The molecule has 186 valence electrons. The SMILES string of the molecule is CC[C@@H](C)c1nc2ccc(Br)cc2c(=O)n1N=Cc1ccc(N(C)C)cc1OCc1ccc(C)cc1. The van der Waals surface area contributed by atoms with E-state index < -0.39 is 0 Å². The molecule has 0 spiro atoms. The highest BCUT2D eigenvalue weighted by Crippen LogP contribution is 2.26. The summed E-state index contributed by atoms with van der Waals surface area (Å²) >= 11 is 3.46. The van der Waals surface area contributed by atoms with Crippen molar-refractivity contribution in [1.29, 1.82) is 0 Å². The first-order chi connectivity index (χ1) is 17.3. The van der Waals surface area contributed by atoms with Crippen molar-refractivity contribution in [2.24, 2.45) is 5.10 Å². The van der Waals surface area contributed by atoms with Gasteiger partial charge in [-0.25, -0.2) is 4.98 Å². The van der Waals surface area contributed by atoms with E-state index >= 15 is 0 Å². The minimum atomic E-state index is -0.195. The Bertz CT molecular complexity index is 1460. The number of fused-ring (bicyclic) bond motifs is 1. The van der Waals surface area contributed by atoms with Gasteiger partial charge in [-0.05, 0) is 49.2 Å². The topological polar surface area (TPSA) is 59.7 Å². The molecule has 3 aromatic carbocycles. The fourth-order valence-corrected chi connectivity index (χ4v) is 4.14. The lowest BCUT2D eigenvalue weighted by atomic mass is 10.1. The molecule has 6 nitrogen and oxygen atoms in total. The molecule has 4 rings (SSSR count). The Balaban J connectivity index is 1.76. The van der Waals surface area contributed by atoms with Gasteiger partial charge < -0.3 is 9.64 Å². The highest BCUT2D eigenvalue weighted by Gasteiger charge is 2.16. The van der Waals surface area contributed by atoms with E-state index in [1.54, 1.807) is 12.3 Å². The predicted octanol–water partition coefficient (Wildman–Crippen LogP) is 6.51. The van der Waals surface area contributed by atoms with E-state index in [4.69, 9.17) is 9.72 Å². The van der Waals surface area contributed by atoms with Crippen LogP contribution in [0, 0.1) is 6.92 Å². The first-order valence-electron chi connectivity index (χ1n) is 12.0. The van der Waals surface area contributed by atoms with E-state index in [0.717, 1.165) is 27.7 Å². The van der Waals surface area contributed by atoms with Gasteiger partial charge in [0.1, 0.15) is 18.2 Å². The van der Waals surface area contributed by atoms with Crippen LogP contribution in [0.2, 0.25) is 0 Å². The van der Waals surface area contributed by atoms with Crippen molar-refractivity contribution >= 4 is 38.7 Å². The molecule has 0 aliphatic carbocycles. The Kier molecular flexibility index (Phi) is 7.89. The number of anilines is 1. The van der Waals surface area contributed by atoms with Crippen LogP contribution in [0.4, 0.5) is 5.69 Å². The summed E-state index contributed by atoms with van der Waals surface area (Å²) in [6.45, 7) is 6.63. The van der Waals surface area contributed by atoms with Gasteiger partial charge in [0.2, 0.25) is 0 Å². The Morgan fingerprint density at radius 3 is 2.56 bits per heavy atom. The van der Waals surface area contributed by atoms with Gasteiger partial charge in [0.15, 0.2) is 0 Å². The molecule has 0 bridgehead atoms. The molecule has 0 amide bonds. The molecule has 0 fully saturated rings. The fourth-order valence-electron chi connectivity index (χ4n) is 3.78. The molecule has 1 heterocycles. The summed E-state index contributed by atoms with van der Waals surface area (Å²) < 4.78 is 8.48. The smallest absolute Gasteiger partial charge is 0.282 e. The van der Waals surface area contributed by atoms with E-state index in [-0.39, 0.29) is 11.5 Å². The Labute approximate surface area is 220 Å². The molecular weight excluding hydrogens is 516 g/mol. The van der Waals surface area contributed by atoms with Crippen LogP contribution in [-0.2, 0) is 6.61 Å². The van der Waals surface area contributed by atoms with Crippen molar-refractivity contribution in [1.82, 2.24) is 9.66 Å². The van der Waals surface area contributed by atoms with Crippen molar-refractivity contribution in [3.8, 4) is 5.75 Å². The minimum absolute atomic E-state index is 0.0660. The molecule has 0 unspecified atom stereocenters. The van der Waals surface area contributed by atoms with E-state index in [0.29, 0.717) is 29.1 Å². The summed E-state index contributed by atoms with van der Waals surface area (Å²) in [5.41, 5.74) is 4.56. The number of hydrogen-bond donors (Lipinski definition) is 0. The zero-order chi connectivity index (χ0) is 25.8. The summed E-state index contributed by atoms with van der Waals surface area (Å²) in [6.07, 6.45) is 2.52. The predicted molar refractivity (Wildman–Crippen MR) is 152 cm³/mol. The third kappa shape index (κ3) is 5.68. The maximum atomic E-state index is 13.5. The van der Waals surface area contributed by atoms with Gasteiger partial charge in [0.05, 0.1) is 17.1 Å². The van der Waals surface area contributed by atoms with Gasteiger partial charge in [-0.1, -0.05) is 59.6 Å². The lowest BCUT2D eigenvalue weighted by Crippen LogP contribution is -2.23. The number of nitrogens with zero attached hydrogens (tertiary/aromatic N) is 4. The van der Waals surface area contributed by atoms with E-state index in [2.05, 4.69) is 66.1 Å². The summed E-state index contributed by atoms with van der Waals surface area (Å²) in [4.78, 5) is 20.3. The second-order valence-electron chi connectivity index (χ2n) is 9.19. The molecule has 7 heteroatoms. The van der Waals surface area contributed by atoms with E-state index in [1.807, 2.05) is 49.3 Å². The lowest BCUT2D eigenvalue weighted by molar-refractivity contribution is 0.306. The number of rotatable bonds is 8. The van der Waals surface area contributed by atoms with Crippen molar-refractivity contribution in [2.75, 3.05) is 19.0 Å². The standard InChI is InChI=1S/C29H31BrN4O2/c1-6-20(3)28-32-26-14-12-23(30)15-25(26)29(35)34(28)31-17-22-11-13-24(33(4)5)16-27(22)36-18-21-9-7-19(2)8-10-21/h7-17,20H,6,18H2,1-5H3/t20-/m1/s1. The molecule has 0 radical (unpaired) electrons. The summed E-state index contributed by atoms with van der Waals surface area (Å²) in [6, 6.07) is 19.8. The number of aryl methyl sites for hydroxylation is 1. The number of hydrogen-bond acceptors (Lipinski definition) is 5. The fraction of sp³-hybridized carbons (Fsp3) is 0.276. The van der Waals surface area contributed by atoms with Crippen LogP contribution in [0.25, 0.3) is 10.9 Å². The summed E-state index contributed by atoms with van der Waals surface area (Å²) in [5.74, 6) is 1.40. The van der Waals surface area contributed by atoms with Crippen LogP contribution < -0.4 is 15.2 Å². The normalized spacial score (nSPS) is 12.3. The second kappa shape index (κ2) is 11.1. The number of halogens is 1. The third-order valence-corrected chi connectivity index (χ3v) is 6.72. The third-order valence-electron chi connectivity index (χ3n) is 6.23. The van der Waals surface area contributed by atoms with Crippen molar-refractivity contribution in [2.45, 2.75) is 39.7 Å². The van der Waals surface area contributed by atoms with Crippen molar-refractivity contribution in [3.05, 3.63) is 98.0 Å². The number of ether oxygens (including phenoxy) is 1. The zero-order valence-corrected chi connectivity index (χ0v) is 22.9. The molecule has 36 heavy (non-hydrogen) atoms. The monoisotopic (exact) mass is 546 g/mol. The maximum absolute atomic E-state index is 13.5. The maximum Gasteiger partial charge on any atom is 0.282 e. The van der Waals surface area contributed by atoms with E-state index in [9.17, 15) is 4.79 Å². The van der Waals surface area contributed by atoms with Gasteiger partial charge in [0, 0.05) is 41.8 Å². The first-order valence-corrected chi connectivity index (χ1v) is 12.8. The minimum Gasteiger partial charge on any atom is -0.488 e. The highest BCUT2D eigenvalue weighted by molar-refractivity contribution is 9.10. The average Bonchev–Trinajstić information content (AvgIpc) is 2.87. The molecule has 0 aliphatic rings. The molecule has 0 saturated heterocycles. The molecule has 0 saturated carbocycles. The summed E-state index contributed by atoms with van der Waals surface area (Å²) in [7, 11) is 3.98. The van der Waals surface area contributed by atoms with Crippen LogP contribution in [-0.4, -0.2) is 30.0 Å². The van der Waals surface area contributed by atoms with Crippen LogP contribution in [0.5, 0.6) is 5.75 Å². The Hall–Kier alpha value is -3.45. The van der Waals surface area contributed by atoms with Crippen LogP contribution in [0.15, 0.2) is 75.0 Å². The Morgan fingerprint density at radius 1 is 1.11 bits per heavy atom. The van der Waals surface area contributed by atoms with Gasteiger partial charge in [-0.2, -0.15) is 9.78 Å². The van der Waals surface area contributed by atoms with Gasteiger partial charge in [-0.15, -0.1) is 0 Å². The molecular formula is C29H31BrN4O2. The Morgan fingerprint density at radius 2 is 1.86 bits per heavy atom. The van der Waals surface area contributed by atoms with Crippen LogP contribution >= 0.6 is 15.9 Å². The van der Waals surface area contributed by atoms with Gasteiger partial charge in [0.25, 0.3) is 5.56 Å². The zero-order valence-electron chi connectivity index (χ0n) is 21.3. The van der Waals surface area contributed by atoms with Crippen LogP contribution in [0.1, 0.15) is 48.7 Å². The molecule has 0 aliphatic heterocycles. The average molecular weight is 547 g/mol. The number of benzene rings is 3. The molecule has 4 aromatic rings. The molecule has 1 atom stereocenters.